The minimum atomic E-state index is -4.27. The Morgan fingerprint density at radius 1 is 1.30 bits per heavy atom. The molecular formula is C16H18F3N3S. The Balaban J connectivity index is 1.69. The second kappa shape index (κ2) is 6.57. The van der Waals surface area contributed by atoms with Crippen LogP contribution in [0.25, 0.3) is 0 Å². The molecule has 2 aromatic rings. The van der Waals surface area contributed by atoms with Crippen LogP contribution in [0.4, 0.5) is 13.2 Å². The summed E-state index contributed by atoms with van der Waals surface area (Å²) in [5.74, 6) is 0. The quantitative estimate of drug-likeness (QED) is 0.856. The van der Waals surface area contributed by atoms with Gasteiger partial charge >= 0.3 is 6.18 Å². The van der Waals surface area contributed by atoms with Crippen LogP contribution >= 0.6 is 11.8 Å². The van der Waals surface area contributed by atoms with E-state index in [4.69, 9.17) is 0 Å². The lowest BCUT2D eigenvalue weighted by atomic mass is 10.0. The van der Waals surface area contributed by atoms with E-state index in [9.17, 15) is 13.2 Å². The monoisotopic (exact) mass is 341 g/mol. The third-order valence-electron chi connectivity index (χ3n) is 4.11. The summed E-state index contributed by atoms with van der Waals surface area (Å²) >= 11 is 1.62. The molecule has 0 radical (unpaired) electrons. The molecule has 0 amide bonds. The van der Waals surface area contributed by atoms with Crippen molar-refractivity contribution in [3.05, 3.63) is 47.4 Å². The molecule has 1 N–H and O–H groups in total. The van der Waals surface area contributed by atoms with E-state index in [1.807, 2.05) is 12.6 Å². The number of aromatic nitrogens is 2. The highest BCUT2D eigenvalue weighted by atomic mass is 32.2. The number of hydrogen-bond acceptors (Lipinski definition) is 3. The van der Waals surface area contributed by atoms with Crippen LogP contribution in [0.5, 0.6) is 0 Å². The molecule has 1 aromatic heterocycles. The molecule has 1 aliphatic heterocycles. The zero-order chi connectivity index (χ0) is 16.4. The van der Waals surface area contributed by atoms with Crippen molar-refractivity contribution in [2.24, 2.45) is 0 Å². The first-order valence-electron chi connectivity index (χ1n) is 7.47. The van der Waals surface area contributed by atoms with Gasteiger partial charge in [-0.25, -0.2) is 4.98 Å². The van der Waals surface area contributed by atoms with Crippen molar-refractivity contribution in [3.8, 4) is 0 Å². The first-order chi connectivity index (χ1) is 11.0. The van der Waals surface area contributed by atoms with Gasteiger partial charge in [0, 0.05) is 13.1 Å². The summed E-state index contributed by atoms with van der Waals surface area (Å²) in [7, 11) is 0. The van der Waals surface area contributed by atoms with E-state index in [-0.39, 0.29) is 6.04 Å². The van der Waals surface area contributed by atoms with Crippen molar-refractivity contribution < 1.29 is 13.2 Å². The number of halogens is 3. The number of nitrogens with one attached hydrogen (secondary N) is 1. The van der Waals surface area contributed by atoms with Crippen LogP contribution in [0.2, 0.25) is 0 Å². The van der Waals surface area contributed by atoms with Gasteiger partial charge in [0.1, 0.15) is 5.03 Å². The van der Waals surface area contributed by atoms with E-state index in [0.717, 1.165) is 48.7 Å². The predicted molar refractivity (Wildman–Crippen MR) is 84.5 cm³/mol. The van der Waals surface area contributed by atoms with Gasteiger partial charge in [0.25, 0.3) is 0 Å². The molecule has 0 aliphatic carbocycles. The third-order valence-corrected chi connectivity index (χ3v) is 4.81. The molecule has 3 rings (SSSR count). The van der Waals surface area contributed by atoms with Crippen LogP contribution in [-0.2, 0) is 19.1 Å². The van der Waals surface area contributed by atoms with E-state index < -0.39 is 11.7 Å². The number of aryl methyl sites for hydroxylation is 1. The van der Waals surface area contributed by atoms with Gasteiger partial charge in [0.05, 0.1) is 23.6 Å². The highest BCUT2D eigenvalue weighted by molar-refractivity contribution is 7.98. The number of rotatable bonds is 4. The molecule has 1 aliphatic rings. The summed E-state index contributed by atoms with van der Waals surface area (Å²) in [6.45, 7) is 1.79. The largest absolute Gasteiger partial charge is 0.416 e. The Labute approximate surface area is 137 Å². The lowest BCUT2D eigenvalue weighted by molar-refractivity contribution is -0.137. The van der Waals surface area contributed by atoms with Crippen LogP contribution in [0.3, 0.4) is 0 Å². The van der Waals surface area contributed by atoms with E-state index >= 15 is 0 Å². The van der Waals surface area contributed by atoms with Gasteiger partial charge in [-0.3, -0.25) is 0 Å². The summed E-state index contributed by atoms with van der Waals surface area (Å²) in [5.41, 5.74) is 1.51. The average molecular weight is 341 g/mol. The molecule has 0 saturated carbocycles. The fourth-order valence-corrected chi connectivity index (χ4v) is 3.55. The second-order valence-corrected chi connectivity index (χ2v) is 6.37. The standard InChI is InChI=1S/C16H18F3N3S/c1-23-15-14-13(20-8-9-22(14)10-21-15)7-4-11-2-5-12(6-3-11)16(17,18)19/h2-3,5-6,10,13,20H,4,7-9H2,1H3. The van der Waals surface area contributed by atoms with E-state index in [0.29, 0.717) is 0 Å². The molecular weight excluding hydrogens is 323 g/mol. The van der Waals surface area contributed by atoms with Crippen LogP contribution in [0.1, 0.15) is 29.3 Å². The number of nitrogens with zero attached hydrogens (tertiary/aromatic N) is 2. The molecule has 7 heteroatoms. The first kappa shape index (κ1) is 16.4. The molecule has 0 spiro atoms. The third kappa shape index (κ3) is 3.55. The Morgan fingerprint density at radius 2 is 2.04 bits per heavy atom. The maximum absolute atomic E-state index is 12.6. The zero-order valence-electron chi connectivity index (χ0n) is 12.7. The van der Waals surface area contributed by atoms with Gasteiger partial charge < -0.3 is 9.88 Å². The summed E-state index contributed by atoms with van der Waals surface area (Å²) in [4.78, 5) is 4.42. The predicted octanol–water partition coefficient (Wildman–Crippen LogP) is 3.90. The van der Waals surface area contributed by atoms with Gasteiger partial charge in [-0.15, -0.1) is 11.8 Å². The van der Waals surface area contributed by atoms with Crippen molar-refractivity contribution in [1.29, 1.82) is 0 Å². The zero-order valence-corrected chi connectivity index (χ0v) is 13.5. The Kier molecular flexibility index (Phi) is 4.68. The van der Waals surface area contributed by atoms with Crippen molar-refractivity contribution in [2.75, 3.05) is 12.8 Å². The fraction of sp³-hybridized carbons (Fsp3) is 0.438. The minimum absolute atomic E-state index is 0.191. The Bertz CT molecular complexity index is 651. The van der Waals surface area contributed by atoms with Gasteiger partial charge in [0.2, 0.25) is 0 Å². The molecule has 2 heterocycles. The number of hydrogen-bond donors (Lipinski definition) is 1. The Morgan fingerprint density at radius 3 is 2.70 bits per heavy atom. The highest BCUT2D eigenvalue weighted by Gasteiger charge is 2.30. The highest BCUT2D eigenvalue weighted by Crippen LogP contribution is 2.31. The molecule has 124 valence electrons. The van der Waals surface area contributed by atoms with Crippen molar-refractivity contribution in [3.63, 3.8) is 0 Å². The number of imidazole rings is 1. The van der Waals surface area contributed by atoms with Gasteiger partial charge in [0.15, 0.2) is 0 Å². The maximum atomic E-state index is 12.6. The molecule has 0 bridgehead atoms. The van der Waals surface area contributed by atoms with Gasteiger partial charge in [-0.05, 0) is 36.8 Å². The molecule has 1 atom stereocenters. The maximum Gasteiger partial charge on any atom is 0.416 e. The summed E-state index contributed by atoms with van der Waals surface area (Å²) in [5, 5.41) is 4.51. The molecule has 0 saturated heterocycles. The van der Waals surface area contributed by atoms with Gasteiger partial charge in [-0.2, -0.15) is 13.2 Å². The van der Waals surface area contributed by atoms with Crippen molar-refractivity contribution >= 4 is 11.8 Å². The summed E-state index contributed by atoms with van der Waals surface area (Å²) in [6, 6.07) is 5.63. The lowest BCUT2D eigenvalue weighted by Gasteiger charge is -2.26. The number of alkyl halides is 3. The van der Waals surface area contributed by atoms with Crippen LogP contribution in [-0.4, -0.2) is 22.4 Å². The SMILES string of the molecule is CSc1ncn2c1C(CCc1ccc(C(F)(F)F)cc1)NCC2. The van der Waals surface area contributed by atoms with Crippen LogP contribution in [0.15, 0.2) is 35.6 Å². The summed E-state index contributed by atoms with van der Waals surface area (Å²) < 4.78 is 39.9. The Hall–Kier alpha value is -1.47. The normalized spacial score (nSPS) is 18.0. The van der Waals surface area contributed by atoms with Crippen molar-refractivity contribution in [2.45, 2.75) is 36.6 Å². The molecule has 0 fully saturated rings. The molecule has 3 nitrogen and oxygen atoms in total. The molecule has 23 heavy (non-hydrogen) atoms. The smallest absolute Gasteiger partial charge is 0.331 e. The number of thioether (sulfide) groups is 1. The van der Waals surface area contributed by atoms with E-state index in [1.54, 1.807) is 23.9 Å². The topological polar surface area (TPSA) is 29.9 Å². The lowest BCUT2D eigenvalue weighted by Crippen LogP contribution is -2.33. The molecule has 1 unspecified atom stereocenters. The van der Waals surface area contributed by atoms with Gasteiger partial charge in [-0.1, -0.05) is 12.1 Å². The second-order valence-electron chi connectivity index (χ2n) is 5.57. The van der Waals surface area contributed by atoms with Crippen LogP contribution < -0.4 is 5.32 Å². The average Bonchev–Trinajstić information content (AvgIpc) is 2.96. The number of fused-ring (bicyclic) bond motifs is 1. The van der Waals surface area contributed by atoms with E-state index in [1.165, 1.54) is 5.69 Å². The van der Waals surface area contributed by atoms with E-state index in [2.05, 4.69) is 14.9 Å². The van der Waals surface area contributed by atoms with Crippen molar-refractivity contribution in [1.82, 2.24) is 14.9 Å². The minimum Gasteiger partial charge on any atom is -0.331 e. The molecule has 1 aromatic carbocycles. The summed E-state index contributed by atoms with van der Waals surface area (Å²) in [6.07, 6.45) is 1.17. The first-order valence-corrected chi connectivity index (χ1v) is 8.70. The fourth-order valence-electron chi connectivity index (χ4n) is 2.92. The number of benzene rings is 1. The van der Waals surface area contributed by atoms with Crippen LogP contribution in [0, 0.1) is 0 Å².